The van der Waals surface area contributed by atoms with Crippen LogP contribution in [0.25, 0.3) is 0 Å². The molecule has 1 aromatic carbocycles. The van der Waals surface area contributed by atoms with E-state index in [9.17, 15) is 9.59 Å². The van der Waals surface area contributed by atoms with E-state index in [-0.39, 0.29) is 0 Å². The molecular formula is C12H14O2. The zero-order valence-corrected chi connectivity index (χ0v) is 8.97. The van der Waals surface area contributed by atoms with Crippen LogP contribution in [0.1, 0.15) is 34.0 Å². The van der Waals surface area contributed by atoms with E-state index < -0.39 is 11.6 Å². The SMILES string of the molecule is CC(=O)C(=O)c1ccc(C)c(C)c1C. The molecule has 1 aromatic rings. The fourth-order valence-electron chi connectivity index (χ4n) is 1.39. The third-order valence-corrected chi connectivity index (χ3v) is 2.62. The predicted molar refractivity (Wildman–Crippen MR) is 55.7 cm³/mol. The number of hydrogen-bond donors (Lipinski definition) is 0. The molecule has 2 heteroatoms. The maximum absolute atomic E-state index is 11.5. The Bertz CT molecular complexity index is 403. The summed E-state index contributed by atoms with van der Waals surface area (Å²) in [5, 5.41) is 0. The van der Waals surface area contributed by atoms with Crippen molar-refractivity contribution in [2.75, 3.05) is 0 Å². The maximum Gasteiger partial charge on any atom is 0.228 e. The molecule has 2 nitrogen and oxygen atoms in total. The van der Waals surface area contributed by atoms with E-state index in [1.165, 1.54) is 6.92 Å². The van der Waals surface area contributed by atoms with E-state index in [4.69, 9.17) is 0 Å². The van der Waals surface area contributed by atoms with Crippen LogP contribution in [0.15, 0.2) is 12.1 Å². The maximum atomic E-state index is 11.5. The van der Waals surface area contributed by atoms with Crippen molar-refractivity contribution in [3.8, 4) is 0 Å². The van der Waals surface area contributed by atoms with Gasteiger partial charge in [-0.2, -0.15) is 0 Å². The van der Waals surface area contributed by atoms with Crippen LogP contribution in [0, 0.1) is 20.8 Å². The lowest BCUT2D eigenvalue weighted by atomic mass is 9.95. The van der Waals surface area contributed by atoms with Gasteiger partial charge in [-0.1, -0.05) is 12.1 Å². The summed E-state index contributed by atoms with van der Waals surface area (Å²) in [6.45, 7) is 7.13. The van der Waals surface area contributed by atoms with Gasteiger partial charge in [-0.3, -0.25) is 9.59 Å². The van der Waals surface area contributed by atoms with Crippen molar-refractivity contribution in [3.63, 3.8) is 0 Å². The average molecular weight is 190 g/mol. The molecule has 0 amide bonds. The van der Waals surface area contributed by atoms with E-state index in [0.717, 1.165) is 16.7 Å². The fraction of sp³-hybridized carbons (Fsp3) is 0.333. The van der Waals surface area contributed by atoms with Crippen molar-refractivity contribution in [1.29, 1.82) is 0 Å². The summed E-state index contributed by atoms with van der Waals surface area (Å²) < 4.78 is 0. The quantitative estimate of drug-likeness (QED) is 0.530. The van der Waals surface area contributed by atoms with Crippen molar-refractivity contribution in [2.45, 2.75) is 27.7 Å². The highest BCUT2D eigenvalue weighted by Gasteiger charge is 2.15. The largest absolute Gasteiger partial charge is 0.291 e. The molecule has 0 unspecified atom stereocenters. The molecule has 0 atom stereocenters. The lowest BCUT2D eigenvalue weighted by molar-refractivity contribution is -0.113. The number of rotatable bonds is 2. The number of ketones is 2. The summed E-state index contributed by atoms with van der Waals surface area (Å²) in [6, 6.07) is 3.60. The number of benzene rings is 1. The number of aryl methyl sites for hydroxylation is 1. The summed E-state index contributed by atoms with van der Waals surface area (Å²) in [5.41, 5.74) is 3.66. The smallest absolute Gasteiger partial charge is 0.228 e. The highest BCUT2D eigenvalue weighted by molar-refractivity contribution is 6.43. The van der Waals surface area contributed by atoms with Gasteiger partial charge in [0.25, 0.3) is 0 Å². The first-order chi connectivity index (χ1) is 6.45. The lowest BCUT2D eigenvalue weighted by Crippen LogP contribution is -2.12. The molecule has 0 aliphatic carbocycles. The van der Waals surface area contributed by atoms with Gasteiger partial charge in [-0.25, -0.2) is 0 Å². The predicted octanol–water partition coefficient (Wildman–Crippen LogP) is 2.38. The van der Waals surface area contributed by atoms with Crippen LogP contribution in [0.2, 0.25) is 0 Å². The van der Waals surface area contributed by atoms with Gasteiger partial charge in [-0.05, 0) is 37.5 Å². The Kier molecular flexibility index (Phi) is 2.84. The van der Waals surface area contributed by atoms with E-state index >= 15 is 0 Å². The molecule has 0 aromatic heterocycles. The Morgan fingerprint density at radius 3 is 2.07 bits per heavy atom. The molecule has 0 saturated heterocycles. The van der Waals surface area contributed by atoms with E-state index in [1.807, 2.05) is 26.8 Å². The highest BCUT2D eigenvalue weighted by Crippen LogP contribution is 2.17. The van der Waals surface area contributed by atoms with Crippen molar-refractivity contribution in [2.24, 2.45) is 0 Å². The standard InChI is InChI=1S/C12H14O2/c1-7-5-6-11(9(3)8(7)2)12(14)10(4)13/h5-6H,1-4H3. The Hall–Kier alpha value is -1.44. The van der Waals surface area contributed by atoms with Crippen molar-refractivity contribution < 1.29 is 9.59 Å². The molecule has 1 rings (SSSR count). The number of carbonyl (C=O) groups excluding carboxylic acids is 2. The van der Waals surface area contributed by atoms with Crippen molar-refractivity contribution >= 4 is 11.6 Å². The average Bonchev–Trinajstić information content (AvgIpc) is 2.13. The fourth-order valence-corrected chi connectivity index (χ4v) is 1.39. The van der Waals surface area contributed by atoms with Gasteiger partial charge in [0, 0.05) is 12.5 Å². The summed E-state index contributed by atoms with van der Waals surface area (Å²) in [6.07, 6.45) is 0. The van der Waals surface area contributed by atoms with Gasteiger partial charge in [0.2, 0.25) is 5.78 Å². The van der Waals surface area contributed by atoms with Crippen LogP contribution in [0.5, 0.6) is 0 Å². The Morgan fingerprint density at radius 1 is 1.00 bits per heavy atom. The Labute approximate surface area is 83.9 Å². The molecule has 0 spiro atoms. The second kappa shape index (κ2) is 3.74. The third kappa shape index (κ3) is 1.74. The second-order valence-electron chi connectivity index (χ2n) is 3.57. The molecule has 0 aliphatic rings. The molecule has 0 radical (unpaired) electrons. The second-order valence-corrected chi connectivity index (χ2v) is 3.57. The van der Waals surface area contributed by atoms with Crippen LogP contribution in [-0.4, -0.2) is 11.6 Å². The molecule has 0 aliphatic heterocycles. The first-order valence-electron chi connectivity index (χ1n) is 4.57. The minimum atomic E-state index is -0.406. The summed E-state index contributed by atoms with van der Waals surface area (Å²) in [5.74, 6) is -0.804. The molecule has 0 bridgehead atoms. The summed E-state index contributed by atoms with van der Waals surface area (Å²) >= 11 is 0. The first-order valence-corrected chi connectivity index (χ1v) is 4.57. The Balaban J connectivity index is 3.31. The monoisotopic (exact) mass is 190 g/mol. The topological polar surface area (TPSA) is 34.1 Å². The number of Topliss-reactive ketones (excluding diaryl/α,β-unsaturated/α-hetero) is 2. The van der Waals surface area contributed by atoms with Gasteiger partial charge in [0.1, 0.15) is 0 Å². The van der Waals surface area contributed by atoms with E-state index in [1.54, 1.807) is 6.07 Å². The molecule has 0 N–H and O–H groups in total. The van der Waals surface area contributed by atoms with Crippen LogP contribution in [0.3, 0.4) is 0 Å². The van der Waals surface area contributed by atoms with Gasteiger partial charge in [0.05, 0.1) is 0 Å². The number of carbonyl (C=O) groups is 2. The minimum Gasteiger partial charge on any atom is -0.291 e. The van der Waals surface area contributed by atoms with Crippen LogP contribution in [-0.2, 0) is 4.79 Å². The lowest BCUT2D eigenvalue weighted by Gasteiger charge is -2.08. The molecule has 74 valence electrons. The van der Waals surface area contributed by atoms with Crippen LogP contribution in [0.4, 0.5) is 0 Å². The Morgan fingerprint density at radius 2 is 1.57 bits per heavy atom. The van der Waals surface area contributed by atoms with Crippen LogP contribution >= 0.6 is 0 Å². The number of hydrogen-bond acceptors (Lipinski definition) is 2. The van der Waals surface area contributed by atoms with Crippen molar-refractivity contribution in [1.82, 2.24) is 0 Å². The molecule has 0 saturated carbocycles. The third-order valence-electron chi connectivity index (χ3n) is 2.62. The zero-order valence-electron chi connectivity index (χ0n) is 8.97. The first kappa shape index (κ1) is 10.6. The molecular weight excluding hydrogens is 176 g/mol. The van der Waals surface area contributed by atoms with Crippen molar-refractivity contribution in [3.05, 3.63) is 34.4 Å². The molecule has 0 fully saturated rings. The molecule has 0 heterocycles. The van der Waals surface area contributed by atoms with Gasteiger partial charge in [-0.15, -0.1) is 0 Å². The zero-order chi connectivity index (χ0) is 10.9. The minimum absolute atomic E-state index is 0.398. The van der Waals surface area contributed by atoms with E-state index in [0.29, 0.717) is 5.56 Å². The summed E-state index contributed by atoms with van der Waals surface area (Å²) in [4.78, 5) is 22.4. The van der Waals surface area contributed by atoms with E-state index in [2.05, 4.69) is 0 Å². The van der Waals surface area contributed by atoms with Gasteiger partial charge < -0.3 is 0 Å². The summed E-state index contributed by atoms with van der Waals surface area (Å²) in [7, 11) is 0. The van der Waals surface area contributed by atoms with Crippen LogP contribution < -0.4 is 0 Å². The highest BCUT2D eigenvalue weighted by atomic mass is 16.2. The van der Waals surface area contributed by atoms with Gasteiger partial charge >= 0.3 is 0 Å². The molecule has 14 heavy (non-hydrogen) atoms. The van der Waals surface area contributed by atoms with Gasteiger partial charge in [0.15, 0.2) is 5.78 Å². The normalized spacial score (nSPS) is 10.0.